The molecule has 1 N–H and O–H groups in total. The number of benzene rings is 1. The van der Waals surface area contributed by atoms with Crippen LogP contribution < -0.4 is 5.32 Å². The van der Waals surface area contributed by atoms with Crippen LogP contribution in [0.2, 0.25) is 0 Å². The number of hydrogen-bond donors (Lipinski definition) is 1. The van der Waals surface area contributed by atoms with Gasteiger partial charge in [-0.1, -0.05) is 24.6 Å². The maximum absolute atomic E-state index is 13.1. The summed E-state index contributed by atoms with van der Waals surface area (Å²) in [6.07, 6.45) is 8.51. The van der Waals surface area contributed by atoms with Crippen molar-refractivity contribution in [3.05, 3.63) is 55.1 Å². The van der Waals surface area contributed by atoms with E-state index >= 15 is 0 Å². The van der Waals surface area contributed by atoms with Crippen molar-refractivity contribution < 1.29 is 8.42 Å². The summed E-state index contributed by atoms with van der Waals surface area (Å²) in [5, 5.41) is 4.29. The van der Waals surface area contributed by atoms with Gasteiger partial charge in [-0.3, -0.25) is 0 Å². The Labute approximate surface area is 163 Å². The smallest absolute Gasteiger partial charge is 0.269 e. The monoisotopic (exact) mass is 395 g/mol. The Morgan fingerprint density at radius 1 is 1.07 bits per heavy atom. The topological polar surface area (TPSA) is 81.8 Å². The normalized spacial score (nSPS) is 18.5. The number of nitrogens with one attached hydrogen (secondary N) is 1. The molecule has 0 aliphatic carbocycles. The molecule has 7 nitrogen and oxygen atoms in total. The molecule has 0 spiro atoms. The van der Waals surface area contributed by atoms with Gasteiger partial charge in [0.1, 0.15) is 5.52 Å². The number of fused-ring (bicyclic) bond motifs is 3. The van der Waals surface area contributed by atoms with Crippen molar-refractivity contribution in [2.45, 2.75) is 30.2 Å². The molecule has 1 aliphatic rings. The van der Waals surface area contributed by atoms with Gasteiger partial charge in [0.25, 0.3) is 10.0 Å². The van der Waals surface area contributed by atoms with E-state index < -0.39 is 10.0 Å². The number of pyridine rings is 1. The van der Waals surface area contributed by atoms with E-state index in [0.29, 0.717) is 11.7 Å². The molecule has 0 radical (unpaired) electrons. The van der Waals surface area contributed by atoms with Crippen LogP contribution in [0.15, 0.2) is 60.0 Å². The number of nitrogens with zero attached hydrogens (tertiary/aromatic N) is 4. The van der Waals surface area contributed by atoms with Crippen molar-refractivity contribution in [3.8, 4) is 0 Å². The maximum Gasteiger partial charge on any atom is 0.269 e. The van der Waals surface area contributed by atoms with Crippen LogP contribution in [0.4, 0.5) is 0 Å². The zero-order valence-corrected chi connectivity index (χ0v) is 16.1. The number of hydrogen-bond acceptors (Lipinski definition) is 5. The quantitative estimate of drug-likeness (QED) is 0.577. The van der Waals surface area contributed by atoms with E-state index in [1.807, 2.05) is 12.4 Å². The van der Waals surface area contributed by atoms with Gasteiger partial charge < -0.3 is 9.88 Å². The Hall–Kier alpha value is -2.71. The molecule has 1 aromatic carbocycles. The molecule has 0 unspecified atom stereocenters. The van der Waals surface area contributed by atoms with Crippen LogP contribution in [-0.2, 0) is 10.0 Å². The minimum atomic E-state index is -3.71. The summed E-state index contributed by atoms with van der Waals surface area (Å²) in [6, 6.07) is 10.6. The Morgan fingerprint density at radius 3 is 2.79 bits per heavy atom. The first-order valence-electron chi connectivity index (χ1n) is 9.50. The van der Waals surface area contributed by atoms with Crippen molar-refractivity contribution in [2.24, 2.45) is 0 Å². The molecular weight excluding hydrogens is 374 g/mol. The summed E-state index contributed by atoms with van der Waals surface area (Å²) >= 11 is 0. The van der Waals surface area contributed by atoms with Crippen molar-refractivity contribution in [1.29, 1.82) is 0 Å². The molecule has 1 saturated heterocycles. The van der Waals surface area contributed by atoms with Crippen molar-refractivity contribution in [2.75, 3.05) is 13.1 Å². The molecule has 4 aromatic rings. The van der Waals surface area contributed by atoms with Crippen molar-refractivity contribution >= 4 is 32.1 Å². The summed E-state index contributed by atoms with van der Waals surface area (Å²) < 4.78 is 29.7. The SMILES string of the molecule is O=S(=O)(c1ccccc1)n1ccc2c3c(cnc21)ncn3[C@@H]1CCCCNC1. The second-order valence-corrected chi connectivity index (χ2v) is 8.98. The summed E-state index contributed by atoms with van der Waals surface area (Å²) in [5.41, 5.74) is 2.16. The summed E-state index contributed by atoms with van der Waals surface area (Å²) in [5.74, 6) is 0. The van der Waals surface area contributed by atoms with E-state index in [1.54, 1.807) is 42.7 Å². The molecule has 0 bridgehead atoms. The van der Waals surface area contributed by atoms with E-state index in [1.165, 1.54) is 10.4 Å². The van der Waals surface area contributed by atoms with Gasteiger partial charge in [-0.05, 0) is 37.6 Å². The fourth-order valence-corrected chi connectivity index (χ4v) is 5.32. The van der Waals surface area contributed by atoms with E-state index in [4.69, 9.17) is 0 Å². The van der Waals surface area contributed by atoms with Gasteiger partial charge in [-0.15, -0.1) is 0 Å². The molecule has 0 amide bonds. The summed E-state index contributed by atoms with van der Waals surface area (Å²) in [6.45, 7) is 1.92. The molecule has 1 aliphatic heterocycles. The molecule has 8 heteroatoms. The molecular formula is C20H21N5O2S. The predicted molar refractivity (Wildman–Crippen MR) is 108 cm³/mol. The predicted octanol–water partition coefficient (Wildman–Crippen LogP) is 2.94. The van der Waals surface area contributed by atoms with Crippen molar-refractivity contribution in [1.82, 2.24) is 23.8 Å². The third kappa shape index (κ3) is 2.71. The van der Waals surface area contributed by atoms with E-state index in [2.05, 4.69) is 19.9 Å². The Kier molecular flexibility index (Phi) is 4.17. The lowest BCUT2D eigenvalue weighted by Crippen LogP contribution is -2.23. The summed E-state index contributed by atoms with van der Waals surface area (Å²) in [7, 11) is -3.71. The second kappa shape index (κ2) is 6.72. The van der Waals surface area contributed by atoms with E-state index in [9.17, 15) is 8.42 Å². The largest absolute Gasteiger partial charge is 0.326 e. The van der Waals surface area contributed by atoms with Gasteiger partial charge >= 0.3 is 0 Å². The molecule has 1 atom stereocenters. The zero-order valence-electron chi connectivity index (χ0n) is 15.3. The average molecular weight is 395 g/mol. The van der Waals surface area contributed by atoms with Crippen LogP contribution in [0, 0.1) is 0 Å². The van der Waals surface area contributed by atoms with Crippen LogP contribution in [0.3, 0.4) is 0 Å². The van der Waals surface area contributed by atoms with Crippen LogP contribution in [-0.4, -0.2) is 40.0 Å². The van der Waals surface area contributed by atoms with Gasteiger partial charge in [-0.2, -0.15) is 0 Å². The molecule has 0 saturated carbocycles. The van der Waals surface area contributed by atoms with Gasteiger partial charge in [0.05, 0.1) is 22.9 Å². The molecule has 144 valence electrons. The Morgan fingerprint density at radius 2 is 1.93 bits per heavy atom. The standard InChI is InChI=1S/C20H21N5O2S/c26-28(27,16-7-2-1-3-8-16)25-11-9-17-19-18(13-22-20(17)25)23-14-24(19)15-6-4-5-10-21-12-15/h1-3,7-9,11,13-15,21H,4-6,10,12H2/t15-/m1/s1. The highest BCUT2D eigenvalue weighted by atomic mass is 32.2. The molecule has 1 fully saturated rings. The number of aromatic nitrogens is 4. The van der Waals surface area contributed by atoms with Gasteiger partial charge in [-0.25, -0.2) is 22.4 Å². The third-order valence-electron chi connectivity index (χ3n) is 5.43. The van der Waals surface area contributed by atoms with Crippen LogP contribution >= 0.6 is 0 Å². The number of imidazole rings is 1. The lowest BCUT2D eigenvalue weighted by Gasteiger charge is -2.17. The van der Waals surface area contributed by atoms with Crippen molar-refractivity contribution in [3.63, 3.8) is 0 Å². The first-order chi connectivity index (χ1) is 13.7. The average Bonchev–Trinajstić information content (AvgIpc) is 3.25. The highest BCUT2D eigenvalue weighted by molar-refractivity contribution is 7.90. The molecule has 4 heterocycles. The molecule has 28 heavy (non-hydrogen) atoms. The Bertz CT molecular complexity index is 1240. The van der Waals surface area contributed by atoms with Gasteiger partial charge in [0.2, 0.25) is 0 Å². The summed E-state index contributed by atoms with van der Waals surface area (Å²) in [4.78, 5) is 9.19. The fourth-order valence-electron chi connectivity index (χ4n) is 4.00. The van der Waals surface area contributed by atoms with Crippen LogP contribution in [0.25, 0.3) is 22.1 Å². The van der Waals surface area contributed by atoms with Gasteiger partial charge in [0, 0.05) is 24.2 Å². The first-order valence-corrected chi connectivity index (χ1v) is 10.9. The highest BCUT2D eigenvalue weighted by Crippen LogP contribution is 2.30. The third-order valence-corrected chi connectivity index (χ3v) is 7.11. The van der Waals surface area contributed by atoms with E-state index in [-0.39, 0.29) is 4.90 Å². The molecule has 5 rings (SSSR count). The van der Waals surface area contributed by atoms with Gasteiger partial charge in [0.15, 0.2) is 5.65 Å². The lowest BCUT2D eigenvalue weighted by molar-refractivity contribution is 0.472. The lowest BCUT2D eigenvalue weighted by atomic mass is 10.1. The first kappa shape index (κ1) is 17.4. The van der Waals surface area contributed by atoms with E-state index in [0.717, 1.165) is 42.4 Å². The van der Waals surface area contributed by atoms with Crippen LogP contribution in [0.1, 0.15) is 25.3 Å². The van der Waals surface area contributed by atoms with Crippen LogP contribution in [0.5, 0.6) is 0 Å². The minimum absolute atomic E-state index is 0.246. The maximum atomic E-state index is 13.1. The Balaban J connectivity index is 1.69. The number of rotatable bonds is 3. The zero-order chi connectivity index (χ0) is 19.1. The minimum Gasteiger partial charge on any atom is -0.326 e. The fraction of sp³-hybridized carbons (Fsp3) is 0.300. The highest BCUT2D eigenvalue weighted by Gasteiger charge is 2.23. The second-order valence-electron chi connectivity index (χ2n) is 7.16. The molecule has 3 aromatic heterocycles.